The Kier molecular flexibility index (Phi) is 5.23. The Bertz CT molecular complexity index is 904. The number of hydrazone groups is 1. The molecule has 1 heterocycles. The van der Waals surface area contributed by atoms with Gasteiger partial charge in [0, 0.05) is 17.7 Å². The van der Waals surface area contributed by atoms with Gasteiger partial charge in [0.05, 0.1) is 17.2 Å². The molecule has 0 aliphatic rings. The molecule has 3 rings (SSSR count). The molecular formula is C18H16N4O4. The Hall–Kier alpha value is -3.68. The first kappa shape index (κ1) is 17.2. The van der Waals surface area contributed by atoms with E-state index in [0.717, 1.165) is 5.56 Å². The number of nitro benzene ring substituents is 1. The van der Waals surface area contributed by atoms with E-state index in [2.05, 4.69) is 15.5 Å². The van der Waals surface area contributed by atoms with Gasteiger partial charge in [0.2, 0.25) is 0 Å². The van der Waals surface area contributed by atoms with Gasteiger partial charge in [-0.05, 0) is 19.1 Å². The molecule has 0 bridgehead atoms. The second-order valence-corrected chi connectivity index (χ2v) is 5.16. The lowest BCUT2D eigenvalue weighted by molar-refractivity contribution is -0.384. The van der Waals surface area contributed by atoms with Crippen LogP contribution in [0.25, 0.3) is 0 Å². The third-order valence-corrected chi connectivity index (χ3v) is 3.40. The highest BCUT2D eigenvalue weighted by atomic mass is 16.6. The van der Waals surface area contributed by atoms with E-state index in [1.807, 2.05) is 37.3 Å². The highest BCUT2D eigenvalue weighted by molar-refractivity contribution is 6.10. The summed E-state index contributed by atoms with van der Waals surface area (Å²) in [6, 6.07) is 15.4. The van der Waals surface area contributed by atoms with Gasteiger partial charge in [0.25, 0.3) is 11.6 Å². The van der Waals surface area contributed by atoms with Gasteiger partial charge in [-0.1, -0.05) is 30.3 Å². The Labute approximate surface area is 149 Å². The minimum absolute atomic E-state index is 0.0110. The highest BCUT2D eigenvalue weighted by Gasteiger charge is 2.15. The van der Waals surface area contributed by atoms with E-state index in [-0.39, 0.29) is 5.69 Å². The average Bonchev–Trinajstić information content (AvgIpc) is 3.12. The minimum atomic E-state index is -0.454. The summed E-state index contributed by atoms with van der Waals surface area (Å²) in [7, 11) is 0. The summed E-state index contributed by atoms with van der Waals surface area (Å²) >= 11 is 0. The number of oxazole rings is 1. The molecule has 0 amide bonds. The molecular weight excluding hydrogens is 336 g/mol. The molecule has 3 aromatic rings. The molecule has 0 unspecified atom stereocenters. The molecule has 132 valence electrons. The zero-order valence-electron chi connectivity index (χ0n) is 14.0. The fourth-order valence-electron chi connectivity index (χ4n) is 2.19. The smallest absolute Gasteiger partial charge is 0.305 e. The number of nitro groups is 1. The lowest BCUT2D eigenvalue weighted by Crippen LogP contribution is -2.07. The number of nitrogens with one attached hydrogen (secondary N) is 1. The van der Waals surface area contributed by atoms with Gasteiger partial charge in [-0.3, -0.25) is 15.5 Å². The summed E-state index contributed by atoms with van der Waals surface area (Å²) in [5.74, 6) is 0.607. The molecule has 1 aromatic heterocycles. The normalized spacial score (nSPS) is 11.2. The van der Waals surface area contributed by atoms with Gasteiger partial charge in [0.15, 0.2) is 5.71 Å². The van der Waals surface area contributed by atoms with Crippen LogP contribution in [0, 0.1) is 10.1 Å². The Morgan fingerprint density at radius 2 is 1.96 bits per heavy atom. The molecule has 0 fully saturated rings. The van der Waals surface area contributed by atoms with Crippen LogP contribution in [0.3, 0.4) is 0 Å². The standard InChI is InChI=1S/C18H16N4O4/c1-2-25-16-12-19-18(26-16)17(13-6-4-3-5-7-13)21-20-14-8-10-15(11-9-14)22(23)24/h3-12,20H,2H2,1H3. The van der Waals surface area contributed by atoms with Gasteiger partial charge >= 0.3 is 5.95 Å². The summed E-state index contributed by atoms with van der Waals surface area (Å²) in [5.41, 5.74) is 4.76. The van der Waals surface area contributed by atoms with E-state index < -0.39 is 4.92 Å². The van der Waals surface area contributed by atoms with Crippen LogP contribution in [-0.2, 0) is 0 Å². The lowest BCUT2D eigenvalue weighted by Gasteiger charge is -2.05. The number of non-ortho nitro benzene ring substituents is 1. The van der Waals surface area contributed by atoms with Crippen molar-refractivity contribution in [3.8, 4) is 5.95 Å². The van der Waals surface area contributed by atoms with E-state index in [1.54, 1.807) is 12.1 Å². The van der Waals surface area contributed by atoms with Gasteiger partial charge in [-0.25, -0.2) is 4.98 Å². The van der Waals surface area contributed by atoms with Crippen LogP contribution in [0.5, 0.6) is 5.95 Å². The van der Waals surface area contributed by atoms with Crippen molar-refractivity contribution in [2.24, 2.45) is 5.10 Å². The summed E-state index contributed by atoms with van der Waals surface area (Å²) in [4.78, 5) is 14.5. The molecule has 26 heavy (non-hydrogen) atoms. The molecule has 0 aliphatic heterocycles. The van der Waals surface area contributed by atoms with E-state index in [4.69, 9.17) is 9.15 Å². The molecule has 0 atom stereocenters. The van der Waals surface area contributed by atoms with Crippen LogP contribution in [-0.4, -0.2) is 22.2 Å². The number of hydrogen-bond donors (Lipinski definition) is 1. The summed E-state index contributed by atoms with van der Waals surface area (Å²) in [6.07, 6.45) is 1.49. The largest absolute Gasteiger partial charge is 0.464 e. The van der Waals surface area contributed by atoms with Crippen LogP contribution in [0.2, 0.25) is 0 Å². The first-order valence-electron chi connectivity index (χ1n) is 7.90. The fraction of sp³-hybridized carbons (Fsp3) is 0.111. The van der Waals surface area contributed by atoms with Crippen molar-refractivity contribution in [3.05, 3.63) is 82.4 Å². The Morgan fingerprint density at radius 1 is 1.23 bits per heavy atom. The monoisotopic (exact) mass is 352 g/mol. The number of anilines is 1. The number of rotatable bonds is 7. The van der Waals surface area contributed by atoms with E-state index in [9.17, 15) is 10.1 Å². The Morgan fingerprint density at radius 3 is 2.62 bits per heavy atom. The number of ether oxygens (including phenoxy) is 1. The minimum Gasteiger partial charge on any atom is -0.464 e. The second kappa shape index (κ2) is 7.93. The van der Waals surface area contributed by atoms with Crippen LogP contribution < -0.4 is 10.2 Å². The van der Waals surface area contributed by atoms with Gasteiger partial charge in [-0.2, -0.15) is 5.10 Å². The SMILES string of the molecule is CCOc1cnc(C(=NNc2ccc([N+](=O)[O-])cc2)c2ccccc2)o1. The molecule has 1 N–H and O–H groups in total. The van der Waals surface area contributed by atoms with Crippen molar-refractivity contribution in [2.45, 2.75) is 6.92 Å². The van der Waals surface area contributed by atoms with Crippen molar-refractivity contribution < 1.29 is 14.1 Å². The maximum absolute atomic E-state index is 10.7. The van der Waals surface area contributed by atoms with Crippen LogP contribution in [0.4, 0.5) is 11.4 Å². The van der Waals surface area contributed by atoms with Crippen molar-refractivity contribution in [1.29, 1.82) is 0 Å². The third-order valence-electron chi connectivity index (χ3n) is 3.40. The molecule has 0 aliphatic carbocycles. The predicted molar refractivity (Wildman–Crippen MR) is 96.5 cm³/mol. The first-order valence-corrected chi connectivity index (χ1v) is 7.90. The molecule has 0 spiro atoms. The van der Waals surface area contributed by atoms with E-state index >= 15 is 0 Å². The average molecular weight is 352 g/mol. The van der Waals surface area contributed by atoms with Crippen LogP contribution in [0.1, 0.15) is 18.4 Å². The number of benzene rings is 2. The van der Waals surface area contributed by atoms with E-state index in [0.29, 0.717) is 29.8 Å². The summed E-state index contributed by atoms with van der Waals surface area (Å²) < 4.78 is 10.9. The van der Waals surface area contributed by atoms with Crippen molar-refractivity contribution in [3.63, 3.8) is 0 Å². The first-order chi connectivity index (χ1) is 12.7. The zero-order chi connectivity index (χ0) is 18.4. The molecule has 8 heteroatoms. The lowest BCUT2D eigenvalue weighted by atomic mass is 10.1. The zero-order valence-corrected chi connectivity index (χ0v) is 14.0. The molecule has 8 nitrogen and oxygen atoms in total. The molecule has 0 saturated heterocycles. The maximum Gasteiger partial charge on any atom is 0.305 e. The van der Waals surface area contributed by atoms with E-state index in [1.165, 1.54) is 18.3 Å². The van der Waals surface area contributed by atoms with Gasteiger partial charge in [-0.15, -0.1) is 0 Å². The number of nitrogens with zero attached hydrogens (tertiary/aromatic N) is 3. The highest BCUT2D eigenvalue weighted by Crippen LogP contribution is 2.19. The molecule has 0 saturated carbocycles. The molecule has 0 radical (unpaired) electrons. The van der Waals surface area contributed by atoms with Crippen molar-refractivity contribution >= 4 is 17.1 Å². The maximum atomic E-state index is 10.7. The number of hydrogen-bond acceptors (Lipinski definition) is 7. The Balaban J connectivity index is 1.89. The van der Waals surface area contributed by atoms with Crippen LogP contribution >= 0.6 is 0 Å². The topological polar surface area (TPSA) is 103 Å². The predicted octanol–water partition coefficient (Wildman–Crippen LogP) is 3.85. The third kappa shape index (κ3) is 4.04. The fourth-order valence-corrected chi connectivity index (χ4v) is 2.19. The molecule has 2 aromatic carbocycles. The summed E-state index contributed by atoms with van der Waals surface area (Å²) in [6.45, 7) is 2.32. The van der Waals surface area contributed by atoms with Gasteiger partial charge < -0.3 is 9.15 Å². The number of aromatic nitrogens is 1. The van der Waals surface area contributed by atoms with Crippen molar-refractivity contribution in [1.82, 2.24) is 4.98 Å². The van der Waals surface area contributed by atoms with Gasteiger partial charge in [0.1, 0.15) is 6.20 Å². The quantitative estimate of drug-likeness (QED) is 0.394. The van der Waals surface area contributed by atoms with Crippen molar-refractivity contribution in [2.75, 3.05) is 12.0 Å². The second-order valence-electron chi connectivity index (χ2n) is 5.16. The van der Waals surface area contributed by atoms with Crippen LogP contribution in [0.15, 0.2) is 70.3 Å². The summed E-state index contributed by atoms with van der Waals surface area (Å²) in [5, 5.41) is 15.1.